The molecule has 2 heterocycles. The number of likely N-dealkylation sites (tertiary alicyclic amines) is 1. The SMILES string of the molecule is CN1CCCC(C)(C)C12CSc1c(ccc3ccccc13)O2. The summed E-state index contributed by atoms with van der Waals surface area (Å²) in [6, 6.07) is 12.9. The van der Waals surface area contributed by atoms with Gasteiger partial charge in [-0.3, -0.25) is 4.90 Å². The van der Waals surface area contributed by atoms with Gasteiger partial charge in [0.05, 0.1) is 10.6 Å². The van der Waals surface area contributed by atoms with E-state index in [1.807, 2.05) is 11.8 Å². The maximum atomic E-state index is 6.70. The zero-order valence-corrected chi connectivity index (χ0v) is 14.4. The van der Waals surface area contributed by atoms with Gasteiger partial charge in [-0.15, -0.1) is 11.8 Å². The van der Waals surface area contributed by atoms with Gasteiger partial charge in [0.1, 0.15) is 5.75 Å². The van der Waals surface area contributed by atoms with E-state index in [9.17, 15) is 0 Å². The van der Waals surface area contributed by atoms with Gasteiger partial charge in [0.15, 0.2) is 5.72 Å². The van der Waals surface area contributed by atoms with Gasteiger partial charge in [-0.25, -0.2) is 0 Å². The van der Waals surface area contributed by atoms with E-state index in [4.69, 9.17) is 4.74 Å². The summed E-state index contributed by atoms with van der Waals surface area (Å²) in [6.45, 7) is 5.83. The number of hydrogen-bond donors (Lipinski definition) is 0. The monoisotopic (exact) mass is 313 g/mol. The third-order valence-electron chi connectivity index (χ3n) is 5.50. The van der Waals surface area contributed by atoms with Gasteiger partial charge in [0.25, 0.3) is 0 Å². The van der Waals surface area contributed by atoms with Crippen molar-refractivity contribution in [3.8, 4) is 5.75 Å². The van der Waals surface area contributed by atoms with Gasteiger partial charge < -0.3 is 4.74 Å². The first kappa shape index (κ1) is 14.4. The topological polar surface area (TPSA) is 12.5 Å². The molecule has 3 heteroatoms. The fourth-order valence-electron chi connectivity index (χ4n) is 4.01. The predicted octanol–water partition coefficient (Wildman–Crippen LogP) is 4.77. The van der Waals surface area contributed by atoms with Crippen LogP contribution in [0.4, 0.5) is 0 Å². The van der Waals surface area contributed by atoms with Crippen molar-refractivity contribution in [2.24, 2.45) is 5.41 Å². The standard InChI is InChI=1S/C19H23NOS/c1-18(2)11-6-12-20(3)19(18)13-22-17-15-8-5-4-7-14(15)9-10-16(17)21-19/h4-5,7-10H,6,11-13H2,1-3H3. The first-order valence-electron chi connectivity index (χ1n) is 8.08. The molecule has 116 valence electrons. The summed E-state index contributed by atoms with van der Waals surface area (Å²) in [5.41, 5.74) is -0.0261. The predicted molar refractivity (Wildman–Crippen MR) is 93.7 cm³/mol. The van der Waals surface area contributed by atoms with Crippen LogP contribution >= 0.6 is 11.8 Å². The molecule has 1 fully saturated rings. The summed E-state index contributed by atoms with van der Waals surface area (Å²) in [6.07, 6.45) is 2.48. The molecule has 0 aliphatic carbocycles. The Morgan fingerprint density at radius 3 is 2.77 bits per heavy atom. The van der Waals surface area contributed by atoms with Crippen molar-refractivity contribution in [2.75, 3.05) is 19.3 Å². The van der Waals surface area contributed by atoms with Crippen LogP contribution in [0.3, 0.4) is 0 Å². The molecule has 0 bridgehead atoms. The van der Waals surface area contributed by atoms with E-state index in [1.165, 1.54) is 28.5 Å². The molecule has 0 radical (unpaired) electrons. The minimum Gasteiger partial charge on any atom is -0.470 e. The van der Waals surface area contributed by atoms with Crippen LogP contribution in [-0.2, 0) is 0 Å². The molecule has 1 unspecified atom stereocenters. The Morgan fingerprint density at radius 2 is 1.95 bits per heavy atom. The van der Waals surface area contributed by atoms with Crippen molar-refractivity contribution >= 4 is 22.5 Å². The van der Waals surface area contributed by atoms with Crippen molar-refractivity contribution in [3.05, 3.63) is 36.4 Å². The lowest BCUT2D eigenvalue weighted by Gasteiger charge is -2.56. The van der Waals surface area contributed by atoms with Crippen LogP contribution in [0, 0.1) is 5.41 Å². The van der Waals surface area contributed by atoms with Gasteiger partial charge in [-0.05, 0) is 36.7 Å². The van der Waals surface area contributed by atoms with Crippen molar-refractivity contribution in [2.45, 2.75) is 37.3 Å². The van der Waals surface area contributed by atoms with Crippen molar-refractivity contribution in [1.82, 2.24) is 4.90 Å². The van der Waals surface area contributed by atoms with Gasteiger partial charge in [0.2, 0.25) is 0 Å². The molecule has 0 aromatic heterocycles. The second-order valence-corrected chi connectivity index (χ2v) is 8.18. The number of benzene rings is 2. The largest absolute Gasteiger partial charge is 0.470 e. The molecule has 1 spiro atoms. The highest BCUT2D eigenvalue weighted by Crippen LogP contribution is 2.52. The van der Waals surface area contributed by atoms with E-state index in [2.05, 4.69) is 62.2 Å². The number of hydrogen-bond acceptors (Lipinski definition) is 3. The molecule has 1 saturated heterocycles. The zero-order valence-electron chi connectivity index (χ0n) is 13.6. The lowest BCUT2D eigenvalue weighted by Crippen LogP contribution is -2.66. The molecule has 2 aromatic rings. The van der Waals surface area contributed by atoms with Gasteiger partial charge >= 0.3 is 0 Å². The van der Waals surface area contributed by atoms with Crippen molar-refractivity contribution in [3.63, 3.8) is 0 Å². The third-order valence-corrected chi connectivity index (χ3v) is 6.75. The average Bonchev–Trinajstić information content (AvgIpc) is 2.52. The van der Waals surface area contributed by atoms with Crippen molar-refractivity contribution < 1.29 is 4.74 Å². The molecule has 2 aliphatic rings. The van der Waals surface area contributed by atoms with Gasteiger partial charge in [-0.2, -0.15) is 0 Å². The number of piperidine rings is 1. The molecule has 0 amide bonds. The summed E-state index contributed by atoms with van der Waals surface area (Å²) in [5.74, 6) is 2.05. The lowest BCUT2D eigenvalue weighted by molar-refractivity contribution is -0.163. The molecular weight excluding hydrogens is 290 g/mol. The van der Waals surface area contributed by atoms with Crippen molar-refractivity contribution in [1.29, 1.82) is 0 Å². The second kappa shape index (κ2) is 4.90. The molecule has 2 aliphatic heterocycles. The summed E-state index contributed by atoms with van der Waals surface area (Å²) >= 11 is 1.96. The van der Waals surface area contributed by atoms with E-state index in [0.29, 0.717) is 0 Å². The lowest BCUT2D eigenvalue weighted by atomic mass is 9.74. The number of thioether (sulfide) groups is 1. The normalized spacial score (nSPS) is 27.6. The van der Waals surface area contributed by atoms with Gasteiger partial charge in [-0.1, -0.05) is 44.2 Å². The Labute approximate surface area is 136 Å². The zero-order chi connectivity index (χ0) is 15.4. The van der Waals surface area contributed by atoms with Gasteiger partial charge in [0, 0.05) is 12.0 Å². The minimum absolute atomic E-state index is 0.163. The molecule has 2 nitrogen and oxygen atoms in total. The fraction of sp³-hybridized carbons (Fsp3) is 0.474. The number of ether oxygens (including phenoxy) is 1. The first-order chi connectivity index (χ1) is 10.5. The Bertz CT molecular complexity index is 726. The molecule has 22 heavy (non-hydrogen) atoms. The number of nitrogens with zero attached hydrogens (tertiary/aromatic N) is 1. The third kappa shape index (κ3) is 1.92. The minimum atomic E-state index is -0.189. The Balaban J connectivity index is 1.83. The number of rotatable bonds is 0. The smallest absolute Gasteiger partial charge is 0.177 e. The van der Waals surface area contributed by atoms with E-state index >= 15 is 0 Å². The summed E-state index contributed by atoms with van der Waals surface area (Å²) < 4.78 is 6.70. The Hall–Kier alpha value is -1.19. The average molecular weight is 313 g/mol. The maximum Gasteiger partial charge on any atom is 0.177 e. The Kier molecular flexibility index (Phi) is 3.21. The molecular formula is C19H23NOS. The number of fused-ring (bicyclic) bond motifs is 3. The maximum absolute atomic E-state index is 6.70. The second-order valence-electron chi connectivity index (χ2n) is 7.20. The van der Waals surface area contributed by atoms with Crippen LogP contribution in [0.15, 0.2) is 41.3 Å². The summed E-state index contributed by atoms with van der Waals surface area (Å²) in [5, 5.41) is 2.61. The highest BCUT2D eigenvalue weighted by molar-refractivity contribution is 7.99. The first-order valence-corrected chi connectivity index (χ1v) is 9.07. The van der Waals surface area contributed by atoms with Crippen LogP contribution in [0.25, 0.3) is 10.8 Å². The van der Waals surface area contributed by atoms with Crippen LogP contribution < -0.4 is 4.74 Å². The summed E-state index contributed by atoms with van der Waals surface area (Å²) in [7, 11) is 2.22. The highest BCUT2D eigenvalue weighted by Gasteiger charge is 2.54. The quantitative estimate of drug-likeness (QED) is 0.695. The summed E-state index contributed by atoms with van der Waals surface area (Å²) in [4.78, 5) is 3.74. The van der Waals surface area contributed by atoms with E-state index < -0.39 is 0 Å². The van der Waals surface area contributed by atoms with E-state index in [0.717, 1.165) is 18.0 Å². The van der Waals surface area contributed by atoms with Crippen LogP contribution in [0.2, 0.25) is 0 Å². The van der Waals surface area contributed by atoms with E-state index in [1.54, 1.807) is 0 Å². The molecule has 2 aromatic carbocycles. The van der Waals surface area contributed by atoms with Crippen LogP contribution in [0.5, 0.6) is 5.75 Å². The van der Waals surface area contributed by atoms with E-state index in [-0.39, 0.29) is 11.1 Å². The Morgan fingerprint density at radius 1 is 1.14 bits per heavy atom. The molecule has 1 atom stereocenters. The van der Waals surface area contributed by atoms with Crippen LogP contribution in [-0.4, -0.2) is 30.0 Å². The molecule has 0 saturated carbocycles. The molecule has 0 N–H and O–H groups in total. The fourth-order valence-corrected chi connectivity index (χ4v) is 5.61. The molecule has 4 rings (SSSR count). The van der Waals surface area contributed by atoms with Crippen LogP contribution in [0.1, 0.15) is 26.7 Å². The highest BCUT2D eigenvalue weighted by atomic mass is 32.2.